The Morgan fingerprint density at radius 3 is 1.51 bits per heavy atom. The lowest BCUT2D eigenvalue weighted by Gasteiger charge is -2.35. The maximum atomic E-state index is 13.4. The van der Waals surface area contributed by atoms with Crippen molar-refractivity contribution in [3.8, 4) is 0 Å². The fraction of sp³-hybridized carbons (Fsp3) is 0.300. The molecule has 3 aromatic rings. The monoisotopic (exact) mass is 504 g/mol. The average molecular weight is 505 g/mol. The highest BCUT2D eigenvalue weighted by atomic mass is 31.2. The molecule has 0 radical (unpaired) electrons. The molecule has 0 spiro atoms. The molecule has 0 N–H and O–H groups in total. The van der Waals surface area contributed by atoms with E-state index in [0.717, 1.165) is 15.9 Å². The van der Waals surface area contributed by atoms with E-state index in [-0.39, 0.29) is 23.2 Å². The molecule has 5 heteroatoms. The summed E-state index contributed by atoms with van der Waals surface area (Å²) in [5, 5.41) is 3.39. The Morgan fingerprint density at radius 2 is 1.14 bits per heavy atom. The molecular formula is C30H37O3PSi. The second-order valence-corrected chi connectivity index (χ2v) is 18.4. The van der Waals surface area contributed by atoms with E-state index in [2.05, 4.69) is 70.3 Å². The molecule has 0 saturated heterocycles. The third kappa shape index (κ3) is 6.51. The van der Waals surface area contributed by atoms with Gasteiger partial charge in [-0.1, -0.05) is 112 Å². The summed E-state index contributed by atoms with van der Waals surface area (Å²) in [4.78, 5) is 26.0. The van der Waals surface area contributed by atoms with Crippen molar-refractivity contribution in [2.75, 3.05) is 0 Å². The van der Waals surface area contributed by atoms with Crippen LogP contribution in [0.3, 0.4) is 0 Å². The molecule has 0 fully saturated rings. The van der Waals surface area contributed by atoms with Gasteiger partial charge in [0.05, 0.1) is 0 Å². The molecule has 0 unspecified atom stereocenters. The molecule has 0 aliphatic rings. The molecule has 0 amide bonds. The van der Waals surface area contributed by atoms with E-state index in [1.165, 1.54) is 0 Å². The molecule has 0 heterocycles. The van der Waals surface area contributed by atoms with Gasteiger partial charge in [-0.3, -0.25) is 9.59 Å². The second-order valence-electron chi connectivity index (χ2n) is 10.4. The van der Waals surface area contributed by atoms with E-state index >= 15 is 0 Å². The van der Waals surface area contributed by atoms with Crippen LogP contribution in [0.1, 0.15) is 40.0 Å². The van der Waals surface area contributed by atoms with Crippen LogP contribution in [-0.4, -0.2) is 25.9 Å². The van der Waals surface area contributed by atoms with E-state index in [4.69, 9.17) is 4.43 Å². The van der Waals surface area contributed by atoms with Crippen LogP contribution in [-0.2, 0) is 14.0 Å². The first-order valence-corrected chi connectivity index (χ1v) is 17.0. The Bertz CT molecular complexity index is 1080. The fourth-order valence-electron chi connectivity index (χ4n) is 3.84. The summed E-state index contributed by atoms with van der Waals surface area (Å²) in [5.41, 5.74) is 0. The Labute approximate surface area is 211 Å². The summed E-state index contributed by atoms with van der Waals surface area (Å²) in [6, 6.07) is 30.9. The molecule has 3 nitrogen and oxygen atoms in total. The number of ketones is 1. The zero-order valence-corrected chi connectivity index (χ0v) is 23.4. The van der Waals surface area contributed by atoms with Gasteiger partial charge in [-0.2, -0.15) is 0 Å². The van der Waals surface area contributed by atoms with Crippen LogP contribution in [0.25, 0.3) is 0 Å². The summed E-state index contributed by atoms with van der Waals surface area (Å²) < 4.78 is 5.88. The standard InChI is InChI=1S/C30H37O3PSi/c1-30(2,3)35(4,5)33-29(32)23-15-16-25(31)24-34(26-17-9-6-10-18-26,27-19-11-7-12-20-27)28-21-13-8-14-22-28/h6-14,17-22,24H,15-16,23H2,1-5H3. The number of hydrogen-bond acceptors (Lipinski definition) is 3. The van der Waals surface area contributed by atoms with Crippen molar-refractivity contribution in [3.63, 3.8) is 0 Å². The number of Topliss-reactive ketones (excluding diaryl/α,β-unsaturated/α-hetero) is 1. The van der Waals surface area contributed by atoms with Gasteiger partial charge in [0.1, 0.15) is 0 Å². The van der Waals surface area contributed by atoms with Crippen LogP contribution in [0.2, 0.25) is 18.1 Å². The predicted molar refractivity (Wildman–Crippen MR) is 153 cm³/mol. The number of hydrogen-bond donors (Lipinski definition) is 0. The van der Waals surface area contributed by atoms with Gasteiger partial charge in [-0.15, -0.1) is 0 Å². The lowest BCUT2D eigenvalue weighted by Crippen LogP contribution is -2.42. The highest BCUT2D eigenvalue weighted by Crippen LogP contribution is 2.43. The van der Waals surface area contributed by atoms with Crippen molar-refractivity contribution in [1.82, 2.24) is 0 Å². The molecule has 3 rings (SSSR count). The predicted octanol–water partition coefficient (Wildman–Crippen LogP) is 6.07. The molecule has 0 saturated carbocycles. The molecule has 35 heavy (non-hydrogen) atoms. The van der Waals surface area contributed by atoms with Crippen LogP contribution in [0.5, 0.6) is 0 Å². The molecule has 184 valence electrons. The maximum absolute atomic E-state index is 13.4. The smallest absolute Gasteiger partial charge is 0.292 e. The molecule has 3 aromatic carbocycles. The fourth-order valence-corrected chi connectivity index (χ4v) is 8.64. The lowest BCUT2D eigenvalue weighted by atomic mass is 10.2. The van der Waals surface area contributed by atoms with E-state index in [1.807, 2.05) is 60.4 Å². The van der Waals surface area contributed by atoms with Gasteiger partial charge < -0.3 is 4.43 Å². The summed E-state index contributed by atoms with van der Waals surface area (Å²) in [5.74, 6) is 1.82. The normalized spacial score (nSPS) is 12.1. The van der Waals surface area contributed by atoms with E-state index < -0.39 is 15.2 Å². The van der Waals surface area contributed by atoms with Crippen molar-refractivity contribution in [2.45, 2.75) is 58.2 Å². The summed E-state index contributed by atoms with van der Waals surface area (Å²) in [6.45, 7) is 8.18. The topological polar surface area (TPSA) is 43.4 Å². The van der Waals surface area contributed by atoms with E-state index in [0.29, 0.717) is 12.8 Å². The van der Waals surface area contributed by atoms with Gasteiger partial charge in [0.15, 0.2) is 5.78 Å². The Balaban J connectivity index is 1.92. The molecule has 0 aromatic heterocycles. The minimum atomic E-state index is -2.31. The molecule has 0 aliphatic heterocycles. The Kier molecular flexibility index (Phi) is 8.74. The minimum Gasteiger partial charge on any atom is -0.519 e. The molecule has 0 atom stereocenters. The van der Waals surface area contributed by atoms with Gasteiger partial charge in [-0.25, -0.2) is 0 Å². The Hall–Kier alpha value is -2.68. The molecule has 0 aliphatic carbocycles. The number of carbonyl (C=O) groups excluding carboxylic acids is 2. The highest BCUT2D eigenvalue weighted by Gasteiger charge is 2.40. The first-order chi connectivity index (χ1) is 16.6. The first-order valence-electron chi connectivity index (χ1n) is 12.2. The van der Waals surface area contributed by atoms with E-state index in [1.54, 1.807) is 0 Å². The van der Waals surface area contributed by atoms with Crippen LogP contribution in [0.15, 0.2) is 91.0 Å². The van der Waals surface area contributed by atoms with Crippen molar-refractivity contribution in [2.24, 2.45) is 0 Å². The summed E-state index contributed by atoms with van der Waals surface area (Å²) in [7, 11) is -2.15. The Morgan fingerprint density at radius 1 is 0.743 bits per heavy atom. The van der Waals surface area contributed by atoms with Crippen LogP contribution in [0, 0.1) is 0 Å². The third-order valence-electron chi connectivity index (χ3n) is 6.81. The third-order valence-corrected chi connectivity index (χ3v) is 15.2. The number of rotatable bonds is 9. The largest absolute Gasteiger partial charge is 0.519 e. The maximum Gasteiger partial charge on any atom is 0.292 e. The van der Waals surface area contributed by atoms with Crippen molar-refractivity contribution < 1.29 is 14.0 Å². The zero-order chi connectivity index (χ0) is 25.5. The van der Waals surface area contributed by atoms with Crippen LogP contribution >= 0.6 is 6.89 Å². The van der Waals surface area contributed by atoms with Gasteiger partial charge in [0.2, 0.25) is 0 Å². The van der Waals surface area contributed by atoms with Crippen LogP contribution < -0.4 is 15.9 Å². The van der Waals surface area contributed by atoms with Gasteiger partial charge in [0, 0.05) is 12.8 Å². The van der Waals surface area contributed by atoms with Crippen molar-refractivity contribution in [3.05, 3.63) is 91.0 Å². The van der Waals surface area contributed by atoms with E-state index in [9.17, 15) is 9.59 Å². The van der Waals surface area contributed by atoms with Gasteiger partial charge >= 0.3 is 0 Å². The van der Waals surface area contributed by atoms with Crippen LogP contribution in [0.4, 0.5) is 0 Å². The summed E-state index contributed by atoms with van der Waals surface area (Å²) >= 11 is 0. The minimum absolute atomic E-state index is 0.0304. The van der Waals surface area contributed by atoms with Gasteiger partial charge in [-0.05, 0) is 53.1 Å². The zero-order valence-electron chi connectivity index (χ0n) is 21.5. The lowest BCUT2D eigenvalue weighted by molar-refractivity contribution is -0.135. The average Bonchev–Trinajstić information content (AvgIpc) is 2.83. The number of benzene rings is 3. The second kappa shape index (κ2) is 11.4. The van der Waals surface area contributed by atoms with Gasteiger partial charge in [0.25, 0.3) is 14.3 Å². The van der Waals surface area contributed by atoms with Crippen molar-refractivity contribution >= 4 is 48.7 Å². The quantitative estimate of drug-likeness (QED) is 0.262. The molecule has 0 bridgehead atoms. The number of carbonyl (C=O) groups is 2. The van der Waals surface area contributed by atoms with Crippen molar-refractivity contribution in [1.29, 1.82) is 0 Å². The first kappa shape index (κ1) is 26.9. The summed E-state index contributed by atoms with van der Waals surface area (Å²) in [6.07, 6.45) is 1.07. The molecular weight excluding hydrogens is 467 g/mol. The SMILES string of the molecule is CC(C)(C)[Si](C)(C)OC(=O)CCCC(=O)C=P(c1ccccc1)(c1ccccc1)c1ccccc1. The highest BCUT2D eigenvalue weighted by molar-refractivity contribution is 7.95.